The third-order valence-corrected chi connectivity index (χ3v) is 6.44. The Morgan fingerprint density at radius 3 is 3.00 bits per heavy atom. The van der Waals surface area contributed by atoms with E-state index in [1.807, 2.05) is 12.1 Å². The number of aromatic nitrogens is 1. The average Bonchev–Trinajstić information content (AvgIpc) is 3.18. The van der Waals surface area contributed by atoms with Crippen LogP contribution < -0.4 is 20.3 Å². The summed E-state index contributed by atoms with van der Waals surface area (Å²) in [5.74, 6) is -0.0729. The van der Waals surface area contributed by atoms with Gasteiger partial charge in [0.05, 0.1) is 28.4 Å². The Kier molecular flexibility index (Phi) is 4.81. The van der Waals surface area contributed by atoms with Gasteiger partial charge in [0.15, 0.2) is 5.13 Å². The molecule has 0 bridgehead atoms. The van der Waals surface area contributed by atoms with Crippen molar-refractivity contribution in [2.75, 3.05) is 37.7 Å². The van der Waals surface area contributed by atoms with Gasteiger partial charge < -0.3 is 20.3 Å². The van der Waals surface area contributed by atoms with Crippen molar-refractivity contribution in [3.05, 3.63) is 53.3 Å². The standard InChI is InChI=1S/C21H21FN4O2S/c22-14-2-1-3-17-19(14)16(6-11-28-17)24-20(27)13-4-5-15-18(12-13)29-21(25-15)26-9-7-23-8-10-26/h1-5,12,16,23H,6-11H2,(H,24,27)/t16-/m1/s1. The summed E-state index contributed by atoms with van der Waals surface area (Å²) in [6.07, 6.45) is 0.537. The molecule has 0 spiro atoms. The Morgan fingerprint density at radius 1 is 1.28 bits per heavy atom. The number of hydrogen-bond acceptors (Lipinski definition) is 6. The third-order valence-electron chi connectivity index (χ3n) is 5.36. The zero-order valence-electron chi connectivity index (χ0n) is 15.8. The topological polar surface area (TPSA) is 66.5 Å². The number of benzene rings is 2. The minimum absolute atomic E-state index is 0.217. The highest BCUT2D eigenvalue weighted by Gasteiger charge is 2.27. The Labute approximate surface area is 171 Å². The number of nitrogens with one attached hydrogen (secondary N) is 2. The fraction of sp³-hybridized carbons (Fsp3) is 0.333. The number of hydrogen-bond donors (Lipinski definition) is 2. The van der Waals surface area contributed by atoms with Gasteiger partial charge in [-0.2, -0.15) is 0 Å². The predicted molar refractivity (Wildman–Crippen MR) is 111 cm³/mol. The molecule has 2 N–H and O–H groups in total. The molecule has 0 saturated carbocycles. The summed E-state index contributed by atoms with van der Waals surface area (Å²) in [6.45, 7) is 4.21. The maximum Gasteiger partial charge on any atom is 0.251 e. The van der Waals surface area contributed by atoms with Crippen LogP contribution in [0, 0.1) is 5.82 Å². The van der Waals surface area contributed by atoms with Crippen LogP contribution >= 0.6 is 11.3 Å². The van der Waals surface area contributed by atoms with Gasteiger partial charge in [0.2, 0.25) is 0 Å². The zero-order valence-corrected chi connectivity index (χ0v) is 16.6. The number of halogens is 1. The lowest BCUT2D eigenvalue weighted by Crippen LogP contribution is -2.43. The fourth-order valence-electron chi connectivity index (χ4n) is 3.84. The molecule has 3 heterocycles. The van der Waals surface area contributed by atoms with Crippen molar-refractivity contribution < 1.29 is 13.9 Å². The molecule has 2 aliphatic heterocycles. The number of carbonyl (C=O) groups is 1. The molecular weight excluding hydrogens is 391 g/mol. The van der Waals surface area contributed by atoms with Crippen LogP contribution in [0.5, 0.6) is 5.75 Å². The van der Waals surface area contributed by atoms with E-state index in [-0.39, 0.29) is 11.7 Å². The largest absolute Gasteiger partial charge is 0.493 e. The van der Waals surface area contributed by atoms with Crippen LogP contribution in [0.25, 0.3) is 10.2 Å². The summed E-state index contributed by atoms with van der Waals surface area (Å²) in [6, 6.07) is 9.87. The second-order valence-corrected chi connectivity index (χ2v) is 8.24. The Morgan fingerprint density at radius 2 is 2.14 bits per heavy atom. The molecule has 2 aromatic carbocycles. The summed E-state index contributed by atoms with van der Waals surface area (Å²) in [5, 5.41) is 7.30. The maximum atomic E-state index is 14.3. The van der Waals surface area contributed by atoms with Gasteiger partial charge in [-0.3, -0.25) is 4.79 Å². The van der Waals surface area contributed by atoms with Gasteiger partial charge in [0, 0.05) is 38.2 Å². The van der Waals surface area contributed by atoms with Gasteiger partial charge in [-0.25, -0.2) is 9.37 Å². The predicted octanol–water partition coefficient (Wildman–Crippen LogP) is 3.10. The number of ether oxygens (including phenoxy) is 1. The van der Waals surface area contributed by atoms with Crippen LogP contribution in [0.3, 0.4) is 0 Å². The molecule has 1 fully saturated rings. The quantitative estimate of drug-likeness (QED) is 0.692. The lowest BCUT2D eigenvalue weighted by atomic mass is 9.99. The van der Waals surface area contributed by atoms with E-state index in [1.165, 1.54) is 6.07 Å². The van der Waals surface area contributed by atoms with Gasteiger partial charge in [-0.05, 0) is 30.3 Å². The monoisotopic (exact) mass is 412 g/mol. The van der Waals surface area contributed by atoms with E-state index >= 15 is 0 Å². The number of rotatable bonds is 3. The summed E-state index contributed by atoms with van der Waals surface area (Å²) in [7, 11) is 0. The van der Waals surface area contributed by atoms with Crippen molar-refractivity contribution in [2.24, 2.45) is 0 Å². The molecule has 0 radical (unpaired) electrons. The van der Waals surface area contributed by atoms with E-state index in [4.69, 9.17) is 9.72 Å². The van der Waals surface area contributed by atoms with Gasteiger partial charge in [-0.15, -0.1) is 0 Å². The summed E-state index contributed by atoms with van der Waals surface area (Å²) in [4.78, 5) is 19.9. The van der Waals surface area contributed by atoms with Crippen molar-refractivity contribution in [2.45, 2.75) is 12.5 Å². The van der Waals surface area contributed by atoms with E-state index < -0.39 is 6.04 Å². The molecule has 2 aliphatic rings. The molecule has 1 aromatic heterocycles. The lowest BCUT2D eigenvalue weighted by molar-refractivity contribution is 0.0923. The van der Waals surface area contributed by atoms with Gasteiger partial charge in [0.1, 0.15) is 11.6 Å². The van der Waals surface area contributed by atoms with Crippen LogP contribution in [0.4, 0.5) is 9.52 Å². The number of nitrogens with zero attached hydrogens (tertiary/aromatic N) is 2. The third kappa shape index (κ3) is 3.54. The Hall–Kier alpha value is -2.71. The van der Waals surface area contributed by atoms with Gasteiger partial charge >= 0.3 is 0 Å². The van der Waals surface area contributed by atoms with E-state index in [0.717, 1.165) is 41.5 Å². The lowest BCUT2D eigenvalue weighted by Gasteiger charge is -2.27. The van der Waals surface area contributed by atoms with Gasteiger partial charge in [0.25, 0.3) is 5.91 Å². The Balaban J connectivity index is 1.38. The highest BCUT2D eigenvalue weighted by molar-refractivity contribution is 7.22. The number of piperazine rings is 1. The molecular formula is C21H21FN4O2S. The van der Waals surface area contributed by atoms with Crippen LogP contribution in [0.15, 0.2) is 36.4 Å². The van der Waals surface area contributed by atoms with Crippen molar-refractivity contribution in [1.82, 2.24) is 15.6 Å². The zero-order chi connectivity index (χ0) is 19.8. The van der Waals surface area contributed by atoms with Crippen molar-refractivity contribution in [3.8, 4) is 5.75 Å². The fourth-order valence-corrected chi connectivity index (χ4v) is 4.90. The number of anilines is 1. The molecule has 5 rings (SSSR count). The van der Waals surface area contributed by atoms with Crippen LogP contribution in [-0.2, 0) is 0 Å². The molecule has 6 nitrogen and oxygen atoms in total. The van der Waals surface area contributed by atoms with E-state index in [0.29, 0.717) is 29.9 Å². The number of fused-ring (bicyclic) bond motifs is 2. The first-order valence-corrected chi connectivity index (χ1v) is 10.6. The number of thiazole rings is 1. The summed E-state index contributed by atoms with van der Waals surface area (Å²) >= 11 is 1.60. The van der Waals surface area contributed by atoms with E-state index in [9.17, 15) is 9.18 Å². The van der Waals surface area contributed by atoms with Crippen LogP contribution in [0.2, 0.25) is 0 Å². The molecule has 29 heavy (non-hydrogen) atoms. The first-order chi connectivity index (χ1) is 14.2. The highest BCUT2D eigenvalue weighted by Crippen LogP contribution is 2.34. The van der Waals surface area contributed by atoms with Gasteiger partial charge in [-0.1, -0.05) is 17.4 Å². The van der Waals surface area contributed by atoms with E-state index in [1.54, 1.807) is 29.5 Å². The Bertz CT molecular complexity index is 1060. The second kappa shape index (κ2) is 7.61. The summed E-state index contributed by atoms with van der Waals surface area (Å²) < 4.78 is 20.8. The number of amides is 1. The normalized spacial score (nSPS) is 18.9. The maximum absolute atomic E-state index is 14.3. The molecule has 1 atom stereocenters. The van der Waals surface area contributed by atoms with E-state index in [2.05, 4.69) is 15.5 Å². The number of carbonyl (C=O) groups excluding carboxylic acids is 1. The van der Waals surface area contributed by atoms with Crippen LogP contribution in [0.1, 0.15) is 28.4 Å². The van der Waals surface area contributed by atoms with Crippen molar-refractivity contribution in [1.29, 1.82) is 0 Å². The smallest absolute Gasteiger partial charge is 0.251 e. The highest BCUT2D eigenvalue weighted by atomic mass is 32.1. The minimum atomic E-state index is -0.402. The first-order valence-electron chi connectivity index (χ1n) is 9.77. The minimum Gasteiger partial charge on any atom is -0.493 e. The SMILES string of the molecule is O=C(N[C@@H]1CCOc2cccc(F)c21)c1ccc2nc(N3CCNCC3)sc2c1. The molecule has 150 valence electrons. The van der Waals surface area contributed by atoms with Crippen molar-refractivity contribution >= 4 is 32.6 Å². The molecule has 0 aliphatic carbocycles. The second-order valence-electron chi connectivity index (χ2n) is 7.23. The average molecular weight is 412 g/mol. The van der Waals surface area contributed by atoms with Crippen molar-refractivity contribution in [3.63, 3.8) is 0 Å². The van der Waals surface area contributed by atoms with Crippen LogP contribution in [-0.4, -0.2) is 43.7 Å². The molecule has 1 amide bonds. The molecule has 0 unspecified atom stereocenters. The molecule has 1 saturated heterocycles. The molecule has 8 heteroatoms. The summed E-state index contributed by atoms with van der Waals surface area (Å²) in [5.41, 5.74) is 1.87. The molecule has 3 aromatic rings. The first kappa shape index (κ1) is 18.3.